The Hall–Kier alpha value is -1.10. The average molecular weight is 257 g/mol. The Morgan fingerprint density at radius 1 is 1.33 bits per heavy atom. The van der Waals surface area contributed by atoms with Crippen molar-refractivity contribution in [2.24, 2.45) is 0 Å². The molecule has 1 aliphatic rings. The van der Waals surface area contributed by atoms with Crippen molar-refractivity contribution < 1.29 is 19.4 Å². The number of hydrogen-bond donors (Lipinski definition) is 2. The number of amides is 1. The van der Waals surface area contributed by atoms with Crippen molar-refractivity contribution in [2.45, 2.75) is 64.0 Å². The Kier molecular flexibility index (Phi) is 5.59. The van der Waals surface area contributed by atoms with Gasteiger partial charge in [0.2, 0.25) is 5.91 Å². The number of carboxylic acids is 1. The summed E-state index contributed by atoms with van der Waals surface area (Å²) >= 11 is 0. The van der Waals surface area contributed by atoms with Crippen molar-refractivity contribution in [2.75, 3.05) is 6.61 Å². The zero-order valence-corrected chi connectivity index (χ0v) is 11.2. The third-order valence-electron chi connectivity index (χ3n) is 3.57. The highest BCUT2D eigenvalue weighted by Gasteiger charge is 2.40. The minimum Gasteiger partial charge on any atom is -0.480 e. The monoisotopic (exact) mass is 257 g/mol. The quantitative estimate of drug-likeness (QED) is 0.759. The maximum Gasteiger partial charge on any atom is 0.329 e. The predicted octanol–water partition coefficient (Wildman–Crippen LogP) is 1.71. The van der Waals surface area contributed by atoms with Crippen molar-refractivity contribution in [3.05, 3.63) is 0 Å². The molecule has 0 aromatic heterocycles. The highest BCUT2D eigenvalue weighted by atomic mass is 16.5. The molecule has 0 heterocycles. The van der Waals surface area contributed by atoms with Crippen molar-refractivity contribution in [1.82, 2.24) is 5.32 Å². The predicted molar refractivity (Wildman–Crippen MR) is 67.3 cm³/mol. The molecule has 5 heteroatoms. The van der Waals surface area contributed by atoms with Crippen LogP contribution in [-0.2, 0) is 14.3 Å². The van der Waals surface area contributed by atoms with Crippen LogP contribution in [0.4, 0.5) is 0 Å². The van der Waals surface area contributed by atoms with Gasteiger partial charge in [0.1, 0.15) is 12.1 Å². The number of aliphatic carboxylic acids is 1. The lowest BCUT2D eigenvalue weighted by Gasteiger charge is -2.34. The van der Waals surface area contributed by atoms with Gasteiger partial charge in [0.15, 0.2) is 0 Å². The molecule has 2 N–H and O–H groups in total. The maximum atomic E-state index is 11.7. The number of carbonyl (C=O) groups excluding carboxylic acids is 1. The third-order valence-corrected chi connectivity index (χ3v) is 3.57. The summed E-state index contributed by atoms with van der Waals surface area (Å²) in [6.45, 7) is 3.80. The van der Waals surface area contributed by atoms with Gasteiger partial charge >= 0.3 is 5.97 Å². The summed E-state index contributed by atoms with van der Waals surface area (Å²) in [7, 11) is 0. The first-order valence-corrected chi connectivity index (χ1v) is 6.66. The minimum atomic E-state index is -1.08. The second-order valence-corrected chi connectivity index (χ2v) is 5.03. The highest BCUT2D eigenvalue weighted by molar-refractivity contribution is 5.87. The molecule has 0 aromatic rings. The lowest BCUT2D eigenvalue weighted by Crippen LogP contribution is -2.56. The van der Waals surface area contributed by atoms with Crippen LogP contribution in [0.1, 0.15) is 52.4 Å². The average Bonchev–Trinajstić information content (AvgIpc) is 2.36. The molecule has 0 saturated heterocycles. The Morgan fingerprint density at radius 3 is 2.44 bits per heavy atom. The van der Waals surface area contributed by atoms with Gasteiger partial charge in [-0.2, -0.15) is 0 Å². The third kappa shape index (κ3) is 3.98. The molecule has 1 saturated carbocycles. The number of rotatable bonds is 6. The fraction of sp³-hybridized carbons (Fsp3) is 0.846. The van der Waals surface area contributed by atoms with Gasteiger partial charge in [-0.3, -0.25) is 4.79 Å². The number of carbonyl (C=O) groups is 2. The van der Waals surface area contributed by atoms with Crippen molar-refractivity contribution in [3.8, 4) is 0 Å². The molecule has 0 spiro atoms. The van der Waals surface area contributed by atoms with Gasteiger partial charge in [-0.25, -0.2) is 4.79 Å². The van der Waals surface area contributed by atoms with Gasteiger partial charge in [0, 0.05) is 0 Å². The first kappa shape index (κ1) is 15.0. The summed E-state index contributed by atoms with van der Waals surface area (Å²) in [5.74, 6) is -1.27. The molecule has 1 amide bonds. The molecule has 1 unspecified atom stereocenters. The van der Waals surface area contributed by atoms with E-state index >= 15 is 0 Å². The van der Waals surface area contributed by atoms with Crippen molar-refractivity contribution >= 4 is 11.9 Å². The van der Waals surface area contributed by atoms with Crippen LogP contribution in [0.2, 0.25) is 0 Å². The molecular formula is C13H23NO4. The van der Waals surface area contributed by atoms with Gasteiger partial charge in [-0.15, -0.1) is 0 Å². The number of nitrogens with one attached hydrogen (secondary N) is 1. The van der Waals surface area contributed by atoms with Gasteiger partial charge in [0.25, 0.3) is 0 Å². The van der Waals surface area contributed by atoms with E-state index in [-0.39, 0.29) is 18.6 Å². The molecule has 0 aliphatic heterocycles. The number of ether oxygens (including phenoxy) is 1. The standard InChI is InChI=1S/C13H23NO4/c1-3-10(2)18-9-11(15)14-13(12(16)17)7-5-4-6-8-13/h10H,3-9H2,1-2H3,(H,14,15)(H,16,17). The Bertz CT molecular complexity index is 297. The molecule has 0 bridgehead atoms. The fourth-order valence-corrected chi connectivity index (χ4v) is 2.19. The molecule has 104 valence electrons. The lowest BCUT2D eigenvalue weighted by atomic mass is 9.81. The normalized spacial score (nSPS) is 20.1. The van der Waals surface area contributed by atoms with E-state index in [1.165, 1.54) is 0 Å². The second-order valence-electron chi connectivity index (χ2n) is 5.03. The van der Waals surface area contributed by atoms with E-state index in [0.717, 1.165) is 25.7 Å². The highest BCUT2D eigenvalue weighted by Crippen LogP contribution is 2.28. The molecule has 1 aliphatic carbocycles. The van der Waals surface area contributed by atoms with Gasteiger partial charge in [-0.05, 0) is 26.2 Å². The Morgan fingerprint density at radius 2 is 1.94 bits per heavy atom. The van der Waals surface area contributed by atoms with E-state index in [0.29, 0.717) is 12.8 Å². The van der Waals surface area contributed by atoms with Crippen LogP contribution < -0.4 is 5.32 Å². The van der Waals surface area contributed by atoms with Crippen LogP contribution in [0.3, 0.4) is 0 Å². The van der Waals surface area contributed by atoms with E-state index in [2.05, 4.69) is 5.32 Å². The molecular weight excluding hydrogens is 234 g/mol. The van der Waals surface area contributed by atoms with Gasteiger partial charge < -0.3 is 15.2 Å². The second kappa shape index (κ2) is 6.73. The van der Waals surface area contributed by atoms with Crippen LogP contribution in [0, 0.1) is 0 Å². The Balaban J connectivity index is 2.50. The molecule has 1 fully saturated rings. The van der Waals surface area contributed by atoms with E-state index in [1.807, 2.05) is 13.8 Å². The topological polar surface area (TPSA) is 75.6 Å². The minimum absolute atomic E-state index is 0.0166. The summed E-state index contributed by atoms with van der Waals surface area (Å²) in [6, 6.07) is 0. The summed E-state index contributed by atoms with van der Waals surface area (Å²) in [4.78, 5) is 23.1. The SMILES string of the molecule is CCC(C)OCC(=O)NC1(C(=O)O)CCCCC1. The summed E-state index contributed by atoms with van der Waals surface area (Å²) in [6.07, 6.45) is 4.60. The molecule has 18 heavy (non-hydrogen) atoms. The lowest BCUT2D eigenvalue weighted by molar-refractivity contribution is -0.150. The summed E-state index contributed by atoms with van der Waals surface area (Å²) in [5.41, 5.74) is -1.08. The van der Waals surface area contributed by atoms with E-state index < -0.39 is 11.5 Å². The Labute approximate surface area is 108 Å². The van der Waals surface area contributed by atoms with Crippen molar-refractivity contribution in [3.63, 3.8) is 0 Å². The van der Waals surface area contributed by atoms with E-state index in [1.54, 1.807) is 0 Å². The number of carboxylic acid groups (broad SMARTS) is 1. The van der Waals surface area contributed by atoms with Crippen LogP contribution in [-0.4, -0.2) is 35.2 Å². The maximum absolute atomic E-state index is 11.7. The van der Waals surface area contributed by atoms with E-state index in [9.17, 15) is 14.7 Å². The smallest absolute Gasteiger partial charge is 0.329 e. The molecule has 0 radical (unpaired) electrons. The van der Waals surface area contributed by atoms with Crippen LogP contribution in [0.5, 0.6) is 0 Å². The zero-order valence-electron chi connectivity index (χ0n) is 11.2. The van der Waals surface area contributed by atoms with Crippen LogP contribution in [0.15, 0.2) is 0 Å². The molecule has 1 atom stereocenters. The molecule has 5 nitrogen and oxygen atoms in total. The zero-order chi connectivity index (χ0) is 13.6. The van der Waals surface area contributed by atoms with Crippen LogP contribution >= 0.6 is 0 Å². The largest absolute Gasteiger partial charge is 0.480 e. The van der Waals surface area contributed by atoms with Crippen molar-refractivity contribution in [1.29, 1.82) is 0 Å². The fourth-order valence-electron chi connectivity index (χ4n) is 2.19. The molecule has 1 rings (SSSR count). The summed E-state index contributed by atoms with van der Waals surface area (Å²) in [5, 5.41) is 12.0. The first-order chi connectivity index (χ1) is 8.50. The number of hydrogen-bond acceptors (Lipinski definition) is 3. The van der Waals surface area contributed by atoms with Gasteiger partial charge in [0.05, 0.1) is 6.10 Å². The summed E-state index contributed by atoms with van der Waals surface area (Å²) < 4.78 is 5.31. The van der Waals surface area contributed by atoms with Crippen LogP contribution in [0.25, 0.3) is 0 Å². The van der Waals surface area contributed by atoms with E-state index in [4.69, 9.17) is 4.74 Å². The van der Waals surface area contributed by atoms with Gasteiger partial charge in [-0.1, -0.05) is 26.2 Å². The molecule has 0 aromatic carbocycles. The first-order valence-electron chi connectivity index (χ1n) is 6.66.